The first-order valence-electron chi connectivity index (χ1n) is 8.70. The second-order valence-electron chi connectivity index (χ2n) is 5.67. The van der Waals surface area contributed by atoms with Crippen LogP contribution in [0.2, 0.25) is 0 Å². The van der Waals surface area contributed by atoms with Gasteiger partial charge in [0.1, 0.15) is 5.75 Å². The molecule has 0 radical (unpaired) electrons. The largest absolute Gasteiger partial charge is 0.494 e. The Morgan fingerprint density at radius 1 is 0.955 bits per heavy atom. The third-order valence-corrected chi connectivity index (χ3v) is 3.68. The normalized spacial score (nSPS) is 11.0. The molecule has 0 fully saturated rings. The predicted molar refractivity (Wildman–Crippen MR) is 94.3 cm³/mol. The first kappa shape index (κ1) is 18.5. The number of carbonyl (C=O) groups excluding carboxylic acids is 1. The van der Waals surface area contributed by atoms with Gasteiger partial charge in [-0.1, -0.05) is 63.7 Å². The molecule has 0 bridgehead atoms. The lowest BCUT2D eigenvalue weighted by atomic mass is 10.1. The summed E-state index contributed by atoms with van der Waals surface area (Å²) in [6.07, 6.45) is 13.0. The fourth-order valence-electron chi connectivity index (χ4n) is 2.37. The van der Waals surface area contributed by atoms with E-state index in [1.165, 1.54) is 38.5 Å². The molecule has 0 N–H and O–H groups in total. The third-order valence-electron chi connectivity index (χ3n) is 3.68. The highest BCUT2D eigenvalue weighted by atomic mass is 16.5. The van der Waals surface area contributed by atoms with Crippen molar-refractivity contribution in [1.82, 2.24) is 0 Å². The van der Waals surface area contributed by atoms with E-state index in [2.05, 4.69) is 6.92 Å². The molecule has 122 valence electrons. The van der Waals surface area contributed by atoms with Crippen LogP contribution in [0.4, 0.5) is 0 Å². The minimum atomic E-state index is 0.224. The molecule has 22 heavy (non-hydrogen) atoms. The van der Waals surface area contributed by atoms with Crippen molar-refractivity contribution < 1.29 is 9.53 Å². The molecule has 0 saturated carbocycles. The number of carbonyl (C=O) groups is 1. The number of benzene rings is 1. The number of unbranched alkanes of at least 4 members (excludes halogenated alkanes) is 6. The molecule has 0 aromatic heterocycles. The molecule has 2 heteroatoms. The second kappa shape index (κ2) is 12.0. The Hall–Kier alpha value is -1.57. The summed E-state index contributed by atoms with van der Waals surface area (Å²) < 4.78 is 5.40. The number of rotatable bonds is 12. The zero-order valence-corrected chi connectivity index (χ0v) is 14.1. The molecule has 0 atom stereocenters. The fourth-order valence-corrected chi connectivity index (χ4v) is 2.37. The lowest BCUT2D eigenvalue weighted by Gasteiger charge is -2.02. The summed E-state index contributed by atoms with van der Waals surface area (Å²) in [6.45, 7) is 4.87. The molecule has 1 aromatic carbocycles. The van der Waals surface area contributed by atoms with Crippen LogP contribution in [-0.2, 0) is 4.79 Å². The lowest BCUT2D eigenvalue weighted by molar-refractivity contribution is -0.114. The highest BCUT2D eigenvalue weighted by Crippen LogP contribution is 2.13. The van der Waals surface area contributed by atoms with Gasteiger partial charge in [0, 0.05) is 6.42 Å². The van der Waals surface area contributed by atoms with Crippen molar-refractivity contribution >= 4 is 11.9 Å². The molecule has 0 aliphatic rings. The van der Waals surface area contributed by atoms with E-state index in [1.807, 2.05) is 37.3 Å². The predicted octanol–water partition coefficient (Wildman–Crippen LogP) is 5.81. The van der Waals surface area contributed by atoms with Crippen molar-refractivity contribution in [3.05, 3.63) is 35.9 Å². The minimum Gasteiger partial charge on any atom is -0.494 e. The molecule has 0 aliphatic carbocycles. The molecule has 1 rings (SSSR count). The Labute approximate surface area is 135 Å². The van der Waals surface area contributed by atoms with Gasteiger partial charge in [-0.2, -0.15) is 0 Å². The van der Waals surface area contributed by atoms with Crippen molar-refractivity contribution in [2.45, 2.75) is 65.2 Å². The Bertz CT molecular complexity index is 432. The summed E-state index contributed by atoms with van der Waals surface area (Å²) in [6, 6.07) is 7.82. The van der Waals surface area contributed by atoms with Gasteiger partial charge in [0.15, 0.2) is 5.78 Å². The van der Waals surface area contributed by atoms with E-state index in [-0.39, 0.29) is 5.78 Å². The van der Waals surface area contributed by atoms with Gasteiger partial charge in [-0.15, -0.1) is 0 Å². The summed E-state index contributed by atoms with van der Waals surface area (Å²) in [7, 11) is 0. The number of ketones is 1. The Morgan fingerprint density at radius 2 is 1.59 bits per heavy atom. The smallest absolute Gasteiger partial charge is 0.155 e. The van der Waals surface area contributed by atoms with Crippen LogP contribution in [0.5, 0.6) is 5.75 Å². The van der Waals surface area contributed by atoms with Crippen molar-refractivity contribution in [3.8, 4) is 5.75 Å². The Morgan fingerprint density at radius 3 is 2.23 bits per heavy atom. The van der Waals surface area contributed by atoms with Crippen LogP contribution in [0.15, 0.2) is 30.3 Å². The maximum atomic E-state index is 11.8. The van der Waals surface area contributed by atoms with Crippen LogP contribution >= 0.6 is 0 Å². The highest BCUT2D eigenvalue weighted by molar-refractivity contribution is 5.93. The average molecular weight is 302 g/mol. The number of ether oxygens (including phenoxy) is 1. The first-order valence-corrected chi connectivity index (χ1v) is 8.70. The lowest BCUT2D eigenvalue weighted by Crippen LogP contribution is -1.93. The van der Waals surface area contributed by atoms with Gasteiger partial charge in [-0.25, -0.2) is 0 Å². The molecule has 0 spiro atoms. The van der Waals surface area contributed by atoms with Gasteiger partial charge in [0.25, 0.3) is 0 Å². The molecule has 0 aliphatic heterocycles. The zero-order chi connectivity index (χ0) is 16.0. The van der Waals surface area contributed by atoms with Gasteiger partial charge < -0.3 is 4.74 Å². The van der Waals surface area contributed by atoms with E-state index in [0.29, 0.717) is 13.0 Å². The molecule has 1 aromatic rings. The number of hydrogen-bond acceptors (Lipinski definition) is 2. The van der Waals surface area contributed by atoms with Gasteiger partial charge in [-0.05, 0) is 37.1 Å². The number of hydrogen-bond donors (Lipinski definition) is 0. The van der Waals surface area contributed by atoms with Crippen molar-refractivity contribution in [3.63, 3.8) is 0 Å². The quantitative estimate of drug-likeness (QED) is 0.360. The van der Waals surface area contributed by atoms with Gasteiger partial charge >= 0.3 is 0 Å². The third kappa shape index (κ3) is 8.66. The highest BCUT2D eigenvalue weighted by Gasteiger charge is 1.98. The molecular weight excluding hydrogens is 272 g/mol. The molecular formula is C20H30O2. The summed E-state index contributed by atoms with van der Waals surface area (Å²) in [5, 5.41) is 0. The average Bonchev–Trinajstić information content (AvgIpc) is 2.54. The van der Waals surface area contributed by atoms with Gasteiger partial charge in [0.2, 0.25) is 0 Å². The van der Waals surface area contributed by atoms with Gasteiger partial charge in [-0.3, -0.25) is 4.79 Å². The second-order valence-corrected chi connectivity index (χ2v) is 5.67. The SMILES string of the molecule is CCCCCCCCCC(=O)/C=C/c1ccc(OCC)cc1. The van der Waals surface area contributed by atoms with E-state index >= 15 is 0 Å². The van der Waals surface area contributed by atoms with Crippen molar-refractivity contribution in [2.75, 3.05) is 6.61 Å². The molecule has 0 heterocycles. The summed E-state index contributed by atoms with van der Waals surface area (Å²) in [5.74, 6) is 1.09. The molecule has 0 amide bonds. The van der Waals surface area contributed by atoms with Crippen LogP contribution in [0.25, 0.3) is 6.08 Å². The van der Waals surface area contributed by atoms with Crippen LogP contribution in [0, 0.1) is 0 Å². The molecule has 0 saturated heterocycles. The first-order chi connectivity index (χ1) is 10.8. The van der Waals surface area contributed by atoms with Crippen LogP contribution in [0.3, 0.4) is 0 Å². The van der Waals surface area contributed by atoms with E-state index in [1.54, 1.807) is 6.08 Å². The fraction of sp³-hybridized carbons (Fsp3) is 0.550. The summed E-state index contributed by atoms with van der Waals surface area (Å²) in [4.78, 5) is 11.8. The van der Waals surface area contributed by atoms with Crippen LogP contribution < -0.4 is 4.74 Å². The monoisotopic (exact) mass is 302 g/mol. The van der Waals surface area contributed by atoms with Crippen molar-refractivity contribution in [1.29, 1.82) is 0 Å². The Balaban J connectivity index is 2.18. The Kier molecular flexibility index (Phi) is 10.1. The summed E-state index contributed by atoms with van der Waals surface area (Å²) in [5.41, 5.74) is 1.04. The molecule has 2 nitrogen and oxygen atoms in total. The van der Waals surface area contributed by atoms with E-state index in [4.69, 9.17) is 4.74 Å². The van der Waals surface area contributed by atoms with Crippen LogP contribution in [-0.4, -0.2) is 12.4 Å². The maximum absolute atomic E-state index is 11.8. The standard InChI is InChI=1S/C20H30O2/c1-3-5-6-7-8-9-10-11-19(21)15-12-18-13-16-20(17-14-18)22-4-2/h12-17H,3-11H2,1-2H3/b15-12+. The number of allylic oxidation sites excluding steroid dienone is 1. The van der Waals surface area contributed by atoms with Gasteiger partial charge in [0.05, 0.1) is 6.61 Å². The maximum Gasteiger partial charge on any atom is 0.155 e. The van der Waals surface area contributed by atoms with Crippen molar-refractivity contribution in [2.24, 2.45) is 0 Å². The molecule has 0 unspecified atom stereocenters. The summed E-state index contributed by atoms with van der Waals surface area (Å²) >= 11 is 0. The van der Waals surface area contributed by atoms with E-state index in [9.17, 15) is 4.79 Å². The van der Waals surface area contributed by atoms with Crippen LogP contribution in [0.1, 0.15) is 70.8 Å². The topological polar surface area (TPSA) is 26.3 Å². The van der Waals surface area contributed by atoms with E-state index in [0.717, 1.165) is 17.7 Å². The zero-order valence-electron chi connectivity index (χ0n) is 14.1. The minimum absolute atomic E-state index is 0.224. The van der Waals surface area contributed by atoms with E-state index < -0.39 is 0 Å².